The van der Waals surface area contributed by atoms with Crippen molar-refractivity contribution in [2.24, 2.45) is 7.05 Å². The van der Waals surface area contributed by atoms with Crippen molar-refractivity contribution in [1.29, 1.82) is 0 Å². The topological polar surface area (TPSA) is 59.4 Å². The summed E-state index contributed by atoms with van der Waals surface area (Å²) in [7, 11) is 1.89. The average Bonchev–Trinajstić information content (AvgIpc) is 2.55. The number of aryl methyl sites for hydroxylation is 1. The van der Waals surface area contributed by atoms with E-state index in [4.69, 9.17) is 0 Å². The van der Waals surface area contributed by atoms with Gasteiger partial charge >= 0.3 is 0 Å². The first-order valence-corrected chi connectivity index (χ1v) is 3.21. The Morgan fingerprint density at radius 3 is 3.00 bits per heavy atom. The zero-order chi connectivity index (χ0) is 7.68. The third-order valence-corrected chi connectivity index (χ3v) is 1.47. The summed E-state index contributed by atoms with van der Waals surface area (Å²) in [5.74, 6) is 0.818. The van der Waals surface area contributed by atoms with Crippen LogP contribution in [0.2, 0.25) is 0 Å². The summed E-state index contributed by atoms with van der Waals surface area (Å²) in [6.07, 6.45) is 5.15. The maximum absolute atomic E-state index is 3.91. The molecule has 0 aliphatic rings. The van der Waals surface area contributed by atoms with Gasteiger partial charge in [0, 0.05) is 13.2 Å². The predicted molar refractivity (Wildman–Crippen MR) is 38.6 cm³/mol. The minimum Gasteiger partial charge on any atom is -0.317 e. The van der Waals surface area contributed by atoms with E-state index in [0.29, 0.717) is 0 Å². The Bertz CT molecular complexity index is 333. The molecule has 11 heavy (non-hydrogen) atoms. The monoisotopic (exact) mass is 149 g/mol. The molecule has 0 aromatic carbocycles. The summed E-state index contributed by atoms with van der Waals surface area (Å²) >= 11 is 0. The molecule has 0 spiro atoms. The summed E-state index contributed by atoms with van der Waals surface area (Å²) in [4.78, 5) is 0. The van der Waals surface area contributed by atoms with Gasteiger partial charge in [0.2, 0.25) is 0 Å². The first-order chi connectivity index (χ1) is 5.38. The molecule has 5 nitrogen and oxygen atoms in total. The number of nitrogens with one attached hydrogen (secondary N) is 1. The fraction of sp³-hybridized carbons (Fsp3) is 0.167. The highest BCUT2D eigenvalue weighted by atomic mass is 15.3. The lowest BCUT2D eigenvalue weighted by Gasteiger charge is -1.92. The van der Waals surface area contributed by atoms with E-state index in [-0.39, 0.29) is 0 Å². The standard InChI is InChI=1S/C6H7N5/c1-11-4-9-10-6(11)5-2-7-8-3-5/h2-4H,1H3,(H,7,8). The molecule has 0 radical (unpaired) electrons. The van der Waals surface area contributed by atoms with E-state index in [1.54, 1.807) is 18.7 Å². The van der Waals surface area contributed by atoms with Gasteiger partial charge in [-0.1, -0.05) is 0 Å². The predicted octanol–water partition coefficient (Wildman–Crippen LogP) is 0.205. The van der Waals surface area contributed by atoms with Crippen molar-refractivity contribution in [2.45, 2.75) is 0 Å². The van der Waals surface area contributed by atoms with Crippen molar-refractivity contribution in [1.82, 2.24) is 25.0 Å². The molecule has 56 valence electrons. The Labute approximate surface area is 63.1 Å². The zero-order valence-electron chi connectivity index (χ0n) is 6.02. The smallest absolute Gasteiger partial charge is 0.166 e. The third-order valence-electron chi connectivity index (χ3n) is 1.47. The normalized spacial score (nSPS) is 10.3. The lowest BCUT2D eigenvalue weighted by atomic mass is 10.3. The van der Waals surface area contributed by atoms with E-state index >= 15 is 0 Å². The Hall–Kier alpha value is -1.65. The minimum atomic E-state index is 0.818. The molecule has 0 unspecified atom stereocenters. The Balaban J connectivity index is 2.53. The molecule has 2 rings (SSSR count). The largest absolute Gasteiger partial charge is 0.317 e. The van der Waals surface area contributed by atoms with Crippen molar-refractivity contribution in [3.8, 4) is 11.4 Å². The van der Waals surface area contributed by atoms with Gasteiger partial charge in [0.1, 0.15) is 6.33 Å². The maximum Gasteiger partial charge on any atom is 0.166 e. The molecule has 0 amide bonds. The van der Waals surface area contributed by atoms with E-state index in [9.17, 15) is 0 Å². The van der Waals surface area contributed by atoms with Crippen molar-refractivity contribution in [3.63, 3.8) is 0 Å². The van der Waals surface area contributed by atoms with Gasteiger partial charge in [-0.05, 0) is 0 Å². The van der Waals surface area contributed by atoms with E-state index in [0.717, 1.165) is 11.4 Å². The Morgan fingerprint density at radius 2 is 2.45 bits per heavy atom. The van der Waals surface area contributed by atoms with Crippen LogP contribution in [0.25, 0.3) is 11.4 Å². The number of hydrogen-bond acceptors (Lipinski definition) is 3. The summed E-state index contributed by atoms with van der Waals surface area (Å²) in [6, 6.07) is 0. The third kappa shape index (κ3) is 0.899. The number of aromatic amines is 1. The van der Waals surface area contributed by atoms with Gasteiger partial charge in [0.05, 0.1) is 11.8 Å². The van der Waals surface area contributed by atoms with Crippen molar-refractivity contribution in [3.05, 3.63) is 18.7 Å². The van der Waals surface area contributed by atoms with Crippen LogP contribution in [-0.2, 0) is 7.05 Å². The summed E-state index contributed by atoms with van der Waals surface area (Å²) < 4.78 is 1.84. The van der Waals surface area contributed by atoms with Crippen LogP contribution in [0.5, 0.6) is 0 Å². The van der Waals surface area contributed by atoms with Crippen LogP contribution in [0, 0.1) is 0 Å². The highest BCUT2D eigenvalue weighted by molar-refractivity contribution is 5.51. The summed E-state index contributed by atoms with van der Waals surface area (Å²) in [6.45, 7) is 0. The van der Waals surface area contributed by atoms with Crippen molar-refractivity contribution >= 4 is 0 Å². The molecule has 2 aromatic heterocycles. The SMILES string of the molecule is Cn1cnnc1-c1cn[nH]c1. The second kappa shape index (κ2) is 2.19. The Morgan fingerprint density at radius 1 is 1.55 bits per heavy atom. The van der Waals surface area contributed by atoms with Crippen molar-refractivity contribution < 1.29 is 0 Å². The maximum atomic E-state index is 3.91. The first-order valence-electron chi connectivity index (χ1n) is 3.21. The van der Waals surface area contributed by atoms with Crippen LogP contribution in [0.15, 0.2) is 18.7 Å². The molecule has 0 bridgehead atoms. The lowest BCUT2D eigenvalue weighted by Crippen LogP contribution is -1.88. The molecular formula is C6H7N5. The molecule has 0 saturated heterocycles. The van der Waals surface area contributed by atoms with Gasteiger partial charge in [0.25, 0.3) is 0 Å². The molecule has 0 atom stereocenters. The molecule has 0 fully saturated rings. The highest BCUT2D eigenvalue weighted by Gasteiger charge is 2.03. The van der Waals surface area contributed by atoms with Gasteiger partial charge in [-0.15, -0.1) is 10.2 Å². The quantitative estimate of drug-likeness (QED) is 0.630. The Kier molecular flexibility index (Phi) is 1.21. The van der Waals surface area contributed by atoms with Gasteiger partial charge < -0.3 is 4.57 Å². The van der Waals surface area contributed by atoms with Crippen LogP contribution in [0.4, 0.5) is 0 Å². The van der Waals surface area contributed by atoms with Crippen LogP contribution in [0.1, 0.15) is 0 Å². The van der Waals surface area contributed by atoms with Gasteiger partial charge in [-0.3, -0.25) is 5.10 Å². The fourth-order valence-electron chi connectivity index (χ4n) is 0.918. The molecule has 2 heterocycles. The second-order valence-corrected chi connectivity index (χ2v) is 2.25. The lowest BCUT2D eigenvalue weighted by molar-refractivity contribution is 0.920. The molecule has 0 aliphatic carbocycles. The van der Waals surface area contributed by atoms with E-state index in [1.807, 2.05) is 11.6 Å². The number of nitrogens with zero attached hydrogens (tertiary/aromatic N) is 4. The second-order valence-electron chi connectivity index (χ2n) is 2.25. The van der Waals surface area contributed by atoms with Crippen LogP contribution in [0.3, 0.4) is 0 Å². The molecule has 0 saturated carbocycles. The van der Waals surface area contributed by atoms with E-state index < -0.39 is 0 Å². The highest BCUT2D eigenvalue weighted by Crippen LogP contribution is 2.11. The number of aromatic nitrogens is 5. The molecule has 0 aliphatic heterocycles. The molecule has 2 aromatic rings. The summed E-state index contributed by atoms with van der Waals surface area (Å²) in [5.41, 5.74) is 0.949. The number of rotatable bonds is 1. The van der Waals surface area contributed by atoms with E-state index in [1.165, 1.54) is 0 Å². The van der Waals surface area contributed by atoms with Crippen LogP contribution < -0.4 is 0 Å². The number of hydrogen-bond donors (Lipinski definition) is 1. The van der Waals surface area contributed by atoms with Gasteiger partial charge in [-0.2, -0.15) is 5.10 Å². The number of H-pyrrole nitrogens is 1. The molecule has 5 heteroatoms. The van der Waals surface area contributed by atoms with Crippen LogP contribution in [-0.4, -0.2) is 25.0 Å². The van der Waals surface area contributed by atoms with E-state index in [2.05, 4.69) is 20.4 Å². The van der Waals surface area contributed by atoms with Gasteiger partial charge in [0.15, 0.2) is 5.82 Å². The average molecular weight is 149 g/mol. The zero-order valence-corrected chi connectivity index (χ0v) is 6.02. The molecule has 1 N–H and O–H groups in total. The minimum absolute atomic E-state index is 0.818. The summed E-state index contributed by atoms with van der Waals surface area (Å²) in [5, 5.41) is 14.2. The van der Waals surface area contributed by atoms with Gasteiger partial charge in [-0.25, -0.2) is 0 Å². The van der Waals surface area contributed by atoms with Crippen molar-refractivity contribution in [2.75, 3.05) is 0 Å². The van der Waals surface area contributed by atoms with Crippen LogP contribution >= 0.6 is 0 Å². The fourth-order valence-corrected chi connectivity index (χ4v) is 0.918. The molecular weight excluding hydrogens is 142 g/mol. The first kappa shape index (κ1) is 6.09.